The number of nitrogens with one attached hydrogen (secondary N) is 2. The summed E-state index contributed by atoms with van der Waals surface area (Å²) in [5.74, 6) is -3.00. The fourth-order valence-corrected chi connectivity index (χ4v) is 3.34. The van der Waals surface area contributed by atoms with Crippen molar-refractivity contribution in [3.05, 3.63) is 64.2 Å². The lowest BCUT2D eigenvalue weighted by Gasteiger charge is -2.19. The van der Waals surface area contributed by atoms with Gasteiger partial charge in [0.25, 0.3) is 5.91 Å². The van der Waals surface area contributed by atoms with Gasteiger partial charge in [0, 0.05) is 12.1 Å². The van der Waals surface area contributed by atoms with E-state index in [1.54, 1.807) is 4.72 Å². The van der Waals surface area contributed by atoms with Gasteiger partial charge in [0.1, 0.15) is 18.0 Å². The van der Waals surface area contributed by atoms with Crippen LogP contribution in [-0.4, -0.2) is 27.2 Å². The zero-order valence-electron chi connectivity index (χ0n) is 15.8. The van der Waals surface area contributed by atoms with Crippen molar-refractivity contribution in [2.24, 2.45) is 0 Å². The molecule has 2 aromatic carbocycles. The number of carbonyl (C=O) groups is 1. The summed E-state index contributed by atoms with van der Waals surface area (Å²) in [6.45, 7) is -0.580. The lowest BCUT2D eigenvalue weighted by Crippen LogP contribution is -2.28. The number of amides is 1. The Balaban J connectivity index is 1.71. The maximum atomic E-state index is 14.0. The van der Waals surface area contributed by atoms with Crippen molar-refractivity contribution in [2.75, 3.05) is 17.6 Å². The molecule has 0 radical (unpaired) electrons. The number of ether oxygens (including phenoxy) is 1. The Kier molecular flexibility index (Phi) is 5.94. The number of alkyl halides is 3. The molecular weight excluding hydrogens is 447 g/mol. The highest BCUT2D eigenvalue weighted by molar-refractivity contribution is 7.92. The zero-order valence-corrected chi connectivity index (χ0v) is 16.6. The van der Waals surface area contributed by atoms with E-state index in [2.05, 4.69) is 5.32 Å². The van der Waals surface area contributed by atoms with Crippen molar-refractivity contribution in [1.29, 1.82) is 0 Å². The van der Waals surface area contributed by atoms with Crippen molar-refractivity contribution in [3.8, 4) is 5.75 Å². The molecule has 0 unspecified atom stereocenters. The summed E-state index contributed by atoms with van der Waals surface area (Å²) in [6.07, 6.45) is -2.44. The summed E-state index contributed by atoms with van der Waals surface area (Å²) in [5, 5.41) is 2.42. The molecule has 31 heavy (non-hydrogen) atoms. The van der Waals surface area contributed by atoms with Gasteiger partial charge in [0.2, 0.25) is 10.0 Å². The number of carbonyl (C=O) groups excluding carboxylic acids is 1. The second kappa shape index (κ2) is 8.17. The Morgan fingerprint density at radius 1 is 1.13 bits per heavy atom. The first kappa shape index (κ1) is 22.5. The normalized spacial score (nSPS) is 13.7. The molecule has 0 atom stereocenters. The minimum atomic E-state index is -4.53. The van der Waals surface area contributed by atoms with Crippen LogP contribution in [-0.2, 0) is 27.5 Å². The van der Waals surface area contributed by atoms with Crippen LogP contribution in [0, 0.1) is 11.6 Å². The minimum Gasteiger partial charge on any atom is -0.488 e. The van der Waals surface area contributed by atoms with E-state index in [9.17, 15) is 35.2 Å². The molecule has 1 aliphatic rings. The van der Waals surface area contributed by atoms with Gasteiger partial charge in [0.05, 0.1) is 17.4 Å². The molecule has 1 aliphatic heterocycles. The van der Waals surface area contributed by atoms with Crippen LogP contribution >= 0.6 is 0 Å². The number of hydrogen-bond donors (Lipinski definition) is 2. The molecule has 0 saturated carbocycles. The van der Waals surface area contributed by atoms with E-state index in [0.29, 0.717) is 0 Å². The number of hydrogen-bond acceptors (Lipinski definition) is 4. The Morgan fingerprint density at radius 3 is 2.35 bits per heavy atom. The molecule has 0 bridgehead atoms. The highest BCUT2D eigenvalue weighted by Gasteiger charge is 2.32. The highest BCUT2D eigenvalue weighted by Crippen LogP contribution is 2.35. The van der Waals surface area contributed by atoms with Crippen LogP contribution in [0.3, 0.4) is 0 Å². The molecule has 0 saturated heterocycles. The third kappa shape index (κ3) is 5.51. The van der Waals surface area contributed by atoms with Crippen molar-refractivity contribution in [2.45, 2.75) is 12.7 Å². The Bertz CT molecular complexity index is 1150. The molecule has 2 aromatic rings. The monoisotopic (exact) mass is 462 g/mol. The average Bonchev–Trinajstić information content (AvgIpc) is 2.66. The summed E-state index contributed by atoms with van der Waals surface area (Å²) in [4.78, 5) is 12.3. The van der Waals surface area contributed by atoms with Crippen LogP contribution in [0.1, 0.15) is 16.7 Å². The van der Waals surface area contributed by atoms with E-state index in [1.165, 1.54) is 12.1 Å². The SMILES string of the molecule is CS(=O)(=O)Nc1c(F)cc(CNC(=O)C2=Cc3ccc(C(F)(F)F)cc3OC2)cc1F. The lowest BCUT2D eigenvalue weighted by atomic mass is 10.0. The maximum absolute atomic E-state index is 14.0. The molecule has 0 fully saturated rings. The second-order valence-corrected chi connectivity index (χ2v) is 8.45. The van der Waals surface area contributed by atoms with Crippen molar-refractivity contribution < 1.29 is 39.9 Å². The molecular formula is C19H15F5N2O4S. The van der Waals surface area contributed by atoms with E-state index >= 15 is 0 Å². The predicted octanol–water partition coefficient (Wildman–Crippen LogP) is 3.45. The smallest absolute Gasteiger partial charge is 0.416 e. The number of halogens is 5. The van der Waals surface area contributed by atoms with Gasteiger partial charge >= 0.3 is 6.18 Å². The number of anilines is 1. The third-order valence-corrected chi connectivity index (χ3v) is 4.76. The van der Waals surface area contributed by atoms with Crippen LogP contribution in [0.5, 0.6) is 5.75 Å². The van der Waals surface area contributed by atoms with Crippen molar-refractivity contribution in [1.82, 2.24) is 5.32 Å². The first-order chi connectivity index (χ1) is 14.3. The van der Waals surface area contributed by atoms with Gasteiger partial charge in [0.15, 0.2) is 11.6 Å². The molecule has 1 heterocycles. The van der Waals surface area contributed by atoms with Gasteiger partial charge in [-0.1, -0.05) is 6.07 Å². The largest absolute Gasteiger partial charge is 0.488 e. The summed E-state index contributed by atoms with van der Waals surface area (Å²) < 4.78 is 95.6. The van der Waals surface area contributed by atoms with E-state index in [0.717, 1.165) is 30.5 Å². The van der Waals surface area contributed by atoms with Gasteiger partial charge in [-0.15, -0.1) is 0 Å². The molecule has 166 valence electrons. The molecule has 1 amide bonds. The van der Waals surface area contributed by atoms with E-state index < -0.39 is 45.0 Å². The molecule has 2 N–H and O–H groups in total. The van der Waals surface area contributed by atoms with Gasteiger partial charge in [-0.3, -0.25) is 9.52 Å². The van der Waals surface area contributed by atoms with Crippen LogP contribution in [0.2, 0.25) is 0 Å². The molecule has 12 heteroatoms. The number of benzene rings is 2. The second-order valence-electron chi connectivity index (χ2n) is 6.70. The first-order valence-corrected chi connectivity index (χ1v) is 10.5. The molecule has 0 aromatic heterocycles. The van der Waals surface area contributed by atoms with Gasteiger partial charge in [-0.05, 0) is 35.9 Å². The summed E-state index contributed by atoms with van der Waals surface area (Å²) in [5.41, 5.74) is -1.32. The Morgan fingerprint density at radius 2 is 1.77 bits per heavy atom. The number of fused-ring (bicyclic) bond motifs is 1. The van der Waals surface area contributed by atoms with Crippen LogP contribution in [0.15, 0.2) is 35.9 Å². The highest BCUT2D eigenvalue weighted by atomic mass is 32.2. The van der Waals surface area contributed by atoms with Crippen molar-refractivity contribution in [3.63, 3.8) is 0 Å². The molecule has 0 spiro atoms. The quantitative estimate of drug-likeness (QED) is 0.667. The van der Waals surface area contributed by atoms with Crippen molar-refractivity contribution >= 4 is 27.7 Å². The van der Waals surface area contributed by atoms with Gasteiger partial charge in [-0.25, -0.2) is 17.2 Å². The molecule has 6 nitrogen and oxygen atoms in total. The molecule has 0 aliphatic carbocycles. The van der Waals surface area contributed by atoms with E-state index in [-0.39, 0.29) is 35.6 Å². The van der Waals surface area contributed by atoms with E-state index in [4.69, 9.17) is 4.74 Å². The Hall–Kier alpha value is -3.15. The van der Waals surface area contributed by atoms with Crippen LogP contribution in [0.4, 0.5) is 27.6 Å². The average molecular weight is 462 g/mol. The molecule has 3 rings (SSSR count). The standard InChI is InChI=1S/C19H15F5N2O4S/c1-31(28,29)26-17-14(20)4-10(5-15(17)21)8-25-18(27)12-6-11-2-3-13(19(22,23)24)7-16(11)30-9-12/h2-7,26H,8-9H2,1H3,(H,25,27). The van der Waals surface area contributed by atoms with Gasteiger partial charge in [-0.2, -0.15) is 13.2 Å². The van der Waals surface area contributed by atoms with Gasteiger partial charge < -0.3 is 10.1 Å². The lowest BCUT2D eigenvalue weighted by molar-refractivity contribution is -0.137. The summed E-state index contributed by atoms with van der Waals surface area (Å²) in [7, 11) is -3.89. The fraction of sp³-hybridized carbons (Fsp3) is 0.211. The third-order valence-electron chi connectivity index (χ3n) is 4.19. The topological polar surface area (TPSA) is 84.5 Å². The Labute approximate surface area is 173 Å². The first-order valence-electron chi connectivity index (χ1n) is 8.62. The van der Waals surface area contributed by atoms with E-state index in [1.807, 2.05) is 0 Å². The summed E-state index contributed by atoms with van der Waals surface area (Å²) in [6, 6.07) is 4.57. The van der Waals surface area contributed by atoms with Crippen LogP contribution in [0.25, 0.3) is 6.08 Å². The minimum absolute atomic E-state index is 0.0231. The number of sulfonamides is 1. The predicted molar refractivity (Wildman–Crippen MR) is 102 cm³/mol. The fourth-order valence-electron chi connectivity index (χ4n) is 2.78. The zero-order chi connectivity index (χ0) is 23.0. The van der Waals surface area contributed by atoms with Crippen LogP contribution < -0.4 is 14.8 Å². The maximum Gasteiger partial charge on any atom is 0.416 e. The summed E-state index contributed by atoms with van der Waals surface area (Å²) >= 11 is 0. The number of rotatable bonds is 5.